The van der Waals surface area contributed by atoms with Crippen LogP contribution in [-0.2, 0) is 23.1 Å². The average Bonchev–Trinajstić information content (AvgIpc) is 2.87. The molecule has 0 spiro atoms. The van der Waals surface area contributed by atoms with Crippen LogP contribution < -0.4 is 5.69 Å². The van der Waals surface area contributed by atoms with Crippen LogP contribution in [0.4, 0.5) is 0 Å². The Bertz CT molecular complexity index is 609. The van der Waals surface area contributed by atoms with E-state index in [1.165, 1.54) is 4.68 Å². The maximum Gasteiger partial charge on any atom is 0.345 e. The Morgan fingerprint density at radius 1 is 1.46 bits per heavy atom. The molecule has 2 rings (SSSR count). The summed E-state index contributed by atoms with van der Waals surface area (Å²) in [6.07, 6.45) is 1.90. The Balaban J connectivity index is 2.03. The van der Waals surface area contributed by atoms with Crippen LogP contribution in [0.2, 0.25) is 0 Å². The molecule has 0 radical (unpaired) electrons. The third-order valence-electron chi connectivity index (χ3n) is 4.57. The highest BCUT2D eigenvalue weighted by Gasteiger charge is 2.29. The molecule has 1 aromatic rings. The average molecular weight is 339 g/mol. The number of likely N-dealkylation sites (N-methyl/N-ethyl adjacent to an activating group) is 1. The van der Waals surface area contributed by atoms with E-state index in [4.69, 9.17) is 4.74 Å². The van der Waals surface area contributed by atoms with Crippen molar-refractivity contribution in [2.45, 2.75) is 32.2 Å². The van der Waals surface area contributed by atoms with Crippen LogP contribution in [0.5, 0.6) is 0 Å². The fourth-order valence-electron chi connectivity index (χ4n) is 3.19. The molecule has 24 heavy (non-hydrogen) atoms. The van der Waals surface area contributed by atoms with Gasteiger partial charge in [0.1, 0.15) is 5.82 Å². The van der Waals surface area contributed by atoms with Gasteiger partial charge in [0, 0.05) is 46.3 Å². The van der Waals surface area contributed by atoms with Gasteiger partial charge in [0.2, 0.25) is 5.91 Å². The molecule has 1 atom stereocenters. The zero-order chi connectivity index (χ0) is 17.7. The van der Waals surface area contributed by atoms with Crippen molar-refractivity contribution in [1.29, 1.82) is 0 Å². The highest BCUT2D eigenvalue weighted by molar-refractivity contribution is 5.78. The van der Waals surface area contributed by atoms with E-state index in [0.717, 1.165) is 31.8 Å². The Hall–Kier alpha value is -1.67. The van der Waals surface area contributed by atoms with E-state index in [1.54, 1.807) is 18.7 Å². The summed E-state index contributed by atoms with van der Waals surface area (Å²) in [7, 11) is 5.26. The lowest BCUT2D eigenvalue weighted by atomic mass is 9.97. The SMILES string of the molecule is CCn1c(C2CCCN(C(=O)CN(C)CCOC)C2)nn(C)c1=O. The van der Waals surface area contributed by atoms with E-state index in [9.17, 15) is 9.59 Å². The third kappa shape index (κ3) is 4.24. The number of hydrogen-bond donors (Lipinski definition) is 0. The van der Waals surface area contributed by atoms with Crippen molar-refractivity contribution in [2.24, 2.45) is 7.05 Å². The number of methoxy groups -OCH3 is 1. The minimum Gasteiger partial charge on any atom is -0.383 e. The molecule has 1 aliphatic rings. The highest BCUT2D eigenvalue weighted by Crippen LogP contribution is 2.25. The molecule has 0 aliphatic carbocycles. The van der Waals surface area contributed by atoms with Gasteiger partial charge in [-0.2, -0.15) is 5.10 Å². The van der Waals surface area contributed by atoms with E-state index in [-0.39, 0.29) is 17.5 Å². The van der Waals surface area contributed by atoms with Crippen molar-refractivity contribution in [3.63, 3.8) is 0 Å². The fraction of sp³-hybridized carbons (Fsp3) is 0.812. The first-order valence-electron chi connectivity index (χ1n) is 8.56. The zero-order valence-corrected chi connectivity index (χ0v) is 15.2. The van der Waals surface area contributed by atoms with Crippen molar-refractivity contribution in [3.05, 3.63) is 16.3 Å². The van der Waals surface area contributed by atoms with E-state index in [1.807, 2.05) is 23.8 Å². The lowest BCUT2D eigenvalue weighted by molar-refractivity contribution is -0.133. The van der Waals surface area contributed by atoms with Crippen LogP contribution in [0.15, 0.2) is 4.79 Å². The first kappa shape index (κ1) is 18.7. The van der Waals surface area contributed by atoms with Crippen molar-refractivity contribution in [3.8, 4) is 0 Å². The van der Waals surface area contributed by atoms with E-state index in [0.29, 0.717) is 26.2 Å². The molecule has 1 amide bonds. The molecule has 0 aromatic carbocycles. The topological polar surface area (TPSA) is 72.6 Å². The van der Waals surface area contributed by atoms with Gasteiger partial charge >= 0.3 is 5.69 Å². The van der Waals surface area contributed by atoms with Gasteiger partial charge in [-0.1, -0.05) is 0 Å². The molecule has 0 N–H and O–H groups in total. The first-order chi connectivity index (χ1) is 11.5. The highest BCUT2D eigenvalue weighted by atomic mass is 16.5. The number of carbonyl (C=O) groups excluding carboxylic acids is 1. The number of aryl methyl sites for hydroxylation is 1. The molecular formula is C16H29N5O3. The van der Waals surface area contributed by atoms with Gasteiger partial charge in [0.05, 0.1) is 13.2 Å². The lowest BCUT2D eigenvalue weighted by Gasteiger charge is -2.33. The van der Waals surface area contributed by atoms with Gasteiger partial charge in [-0.25, -0.2) is 9.48 Å². The number of ether oxygens (including phenoxy) is 1. The molecule has 1 aliphatic heterocycles. The molecule has 8 heteroatoms. The monoisotopic (exact) mass is 339 g/mol. The number of nitrogens with zero attached hydrogens (tertiary/aromatic N) is 5. The summed E-state index contributed by atoms with van der Waals surface area (Å²) in [6, 6.07) is 0. The van der Waals surface area contributed by atoms with Gasteiger partial charge in [0.25, 0.3) is 0 Å². The fourth-order valence-corrected chi connectivity index (χ4v) is 3.19. The second-order valence-electron chi connectivity index (χ2n) is 6.42. The molecule has 0 saturated carbocycles. The summed E-state index contributed by atoms with van der Waals surface area (Å²) in [5.41, 5.74) is -0.0877. The maximum absolute atomic E-state index is 12.5. The van der Waals surface area contributed by atoms with Crippen LogP contribution in [0, 0.1) is 0 Å². The summed E-state index contributed by atoms with van der Waals surface area (Å²) in [4.78, 5) is 28.5. The Morgan fingerprint density at radius 2 is 2.21 bits per heavy atom. The van der Waals surface area contributed by atoms with E-state index >= 15 is 0 Å². The summed E-state index contributed by atoms with van der Waals surface area (Å²) in [5, 5.41) is 4.40. The number of likely N-dealkylation sites (tertiary alicyclic amines) is 1. The number of carbonyl (C=O) groups is 1. The Morgan fingerprint density at radius 3 is 2.88 bits per heavy atom. The standard InChI is InChI=1S/C16H29N5O3/c1-5-21-15(17-19(3)16(21)23)13-7-6-8-20(11-13)14(22)12-18(2)9-10-24-4/h13H,5-12H2,1-4H3. The molecule has 1 aromatic heterocycles. The smallest absolute Gasteiger partial charge is 0.345 e. The number of piperidine rings is 1. The van der Waals surface area contributed by atoms with Gasteiger partial charge in [-0.3, -0.25) is 14.3 Å². The zero-order valence-electron chi connectivity index (χ0n) is 15.2. The Labute approximate surface area is 143 Å². The second-order valence-corrected chi connectivity index (χ2v) is 6.42. The quantitative estimate of drug-likeness (QED) is 0.693. The number of rotatable bonds is 7. The predicted molar refractivity (Wildman–Crippen MR) is 91.1 cm³/mol. The van der Waals surface area contributed by atoms with Crippen molar-refractivity contribution >= 4 is 5.91 Å². The maximum atomic E-state index is 12.5. The number of hydrogen-bond acceptors (Lipinski definition) is 5. The molecule has 1 unspecified atom stereocenters. The number of amides is 1. The van der Waals surface area contributed by atoms with Gasteiger partial charge in [-0.05, 0) is 26.8 Å². The molecule has 0 bridgehead atoms. The van der Waals surface area contributed by atoms with E-state index < -0.39 is 0 Å². The normalized spacial score (nSPS) is 18.4. The molecule has 8 nitrogen and oxygen atoms in total. The minimum absolute atomic E-state index is 0.0877. The lowest BCUT2D eigenvalue weighted by Crippen LogP contribution is -2.44. The predicted octanol–water partition coefficient (Wildman–Crippen LogP) is -0.114. The first-order valence-corrected chi connectivity index (χ1v) is 8.56. The molecule has 136 valence electrons. The minimum atomic E-state index is -0.0877. The largest absolute Gasteiger partial charge is 0.383 e. The van der Waals surface area contributed by atoms with E-state index in [2.05, 4.69) is 5.10 Å². The molecule has 1 fully saturated rings. The summed E-state index contributed by atoms with van der Waals surface area (Å²) < 4.78 is 8.14. The van der Waals surface area contributed by atoms with Crippen LogP contribution in [0.25, 0.3) is 0 Å². The van der Waals surface area contributed by atoms with Crippen molar-refractivity contribution in [1.82, 2.24) is 24.1 Å². The van der Waals surface area contributed by atoms with Crippen LogP contribution in [-0.4, -0.2) is 77.0 Å². The van der Waals surface area contributed by atoms with Gasteiger partial charge < -0.3 is 9.64 Å². The van der Waals surface area contributed by atoms with Gasteiger partial charge in [0.15, 0.2) is 0 Å². The molecular weight excluding hydrogens is 310 g/mol. The van der Waals surface area contributed by atoms with Crippen LogP contribution in [0.1, 0.15) is 31.5 Å². The van der Waals surface area contributed by atoms with Crippen LogP contribution in [0.3, 0.4) is 0 Å². The van der Waals surface area contributed by atoms with Gasteiger partial charge in [-0.15, -0.1) is 0 Å². The second kappa shape index (κ2) is 8.43. The van der Waals surface area contributed by atoms with Crippen LogP contribution >= 0.6 is 0 Å². The summed E-state index contributed by atoms with van der Waals surface area (Å²) >= 11 is 0. The Kier molecular flexibility index (Phi) is 6.56. The molecule has 2 heterocycles. The summed E-state index contributed by atoms with van der Waals surface area (Å²) in [5.74, 6) is 1.05. The van der Waals surface area contributed by atoms with Crippen molar-refractivity contribution in [2.75, 3.05) is 46.9 Å². The van der Waals surface area contributed by atoms with Crippen molar-refractivity contribution < 1.29 is 9.53 Å². The molecule has 1 saturated heterocycles. The summed E-state index contributed by atoms with van der Waals surface area (Å²) in [6.45, 7) is 5.69. The number of aromatic nitrogens is 3. The third-order valence-corrected chi connectivity index (χ3v) is 4.57.